The molecule has 86 valence electrons. The third-order valence-electron chi connectivity index (χ3n) is 2.92. The minimum atomic E-state index is -0.216. The molecule has 1 unspecified atom stereocenters. The van der Waals surface area contributed by atoms with Crippen LogP contribution in [0.25, 0.3) is 0 Å². The molecule has 1 aliphatic heterocycles. The number of hydrogen-bond acceptors (Lipinski definition) is 2. The van der Waals surface area contributed by atoms with Crippen LogP contribution in [-0.2, 0) is 11.3 Å². The van der Waals surface area contributed by atoms with Gasteiger partial charge in [0.1, 0.15) is 6.04 Å². The number of benzene rings is 1. The predicted octanol–water partition coefficient (Wildman–Crippen LogP) is 1.84. The molecule has 1 amide bonds. The second-order valence-corrected chi connectivity index (χ2v) is 4.41. The second kappa shape index (κ2) is 4.85. The summed E-state index contributed by atoms with van der Waals surface area (Å²) < 4.78 is 0. The van der Waals surface area contributed by atoms with Gasteiger partial charge in [0.25, 0.3) is 0 Å². The van der Waals surface area contributed by atoms with Crippen molar-refractivity contribution in [2.24, 2.45) is 0 Å². The number of nitrogens with zero attached hydrogens (tertiary/aromatic N) is 1. The molecule has 16 heavy (non-hydrogen) atoms. The van der Waals surface area contributed by atoms with Crippen molar-refractivity contribution < 1.29 is 4.79 Å². The summed E-state index contributed by atoms with van der Waals surface area (Å²) in [6, 6.07) is 8.03. The minimum Gasteiger partial charge on any atom is -0.337 e. The van der Waals surface area contributed by atoms with E-state index >= 15 is 0 Å². The number of likely N-dealkylation sites (tertiary alicyclic amines) is 1. The maximum absolute atomic E-state index is 11.8. The SMILES string of the molecule is Cc1ccc(CN2CCC(NCl)C2=O)cc1. The van der Waals surface area contributed by atoms with Crippen LogP contribution < -0.4 is 4.84 Å². The van der Waals surface area contributed by atoms with Gasteiger partial charge in [-0.2, -0.15) is 0 Å². The summed E-state index contributed by atoms with van der Waals surface area (Å²) in [7, 11) is 0. The van der Waals surface area contributed by atoms with E-state index in [0.717, 1.165) is 18.5 Å². The van der Waals surface area contributed by atoms with Crippen molar-refractivity contribution in [2.75, 3.05) is 6.54 Å². The lowest BCUT2D eigenvalue weighted by molar-refractivity contribution is -0.129. The number of rotatable bonds is 3. The van der Waals surface area contributed by atoms with Crippen LogP contribution in [0.2, 0.25) is 0 Å². The van der Waals surface area contributed by atoms with Gasteiger partial charge in [0.2, 0.25) is 5.91 Å². The first-order valence-corrected chi connectivity index (χ1v) is 5.79. The summed E-state index contributed by atoms with van der Waals surface area (Å²) in [5.74, 6) is 0.0931. The van der Waals surface area contributed by atoms with E-state index in [-0.39, 0.29) is 11.9 Å². The molecule has 4 heteroatoms. The lowest BCUT2D eigenvalue weighted by atomic mass is 10.1. The van der Waals surface area contributed by atoms with Crippen molar-refractivity contribution in [3.63, 3.8) is 0 Å². The highest BCUT2D eigenvalue weighted by molar-refractivity contribution is 6.15. The number of aryl methyl sites for hydroxylation is 1. The first kappa shape index (κ1) is 11.4. The molecule has 3 nitrogen and oxygen atoms in total. The van der Waals surface area contributed by atoms with Crippen LogP contribution in [0, 0.1) is 6.92 Å². The fourth-order valence-corrected chi connectivity index (χ4v) is 2.11. The lowest BCUT2D eigenvalue weighted by Gasteiger charge is -2.16. The van der Waals surface area contributed by atoms with Gasteiger partial charge in [-0.1, -0.05) is 29.8 Å². The number of amides is 1. The summed E-state index contributed by atoms with van der Waals surface area (Å²) in [5.41, 5.74) is 2.39. The fraction of sp³-hybridized carbons (Fsp3) is 0.417. The molecular weight excluding hydrogens is 224 g/mol. The highest BCUT2D eigenvalue weighted by Crippen LogP contribution is 2.15. The monoisotopic (exact) mass is 238 g/mol. The molecule has 1 aliphatic rings. The quantitative estimate of drug-likeness (QED) is 0.815. The van der Waals surface area contributed by atoms with Crippen LogP contribution in [-0.4, -0.2) is 23.4 Å². The molecule has 1 aromatic carbocycles. The maximum atomic E-state index is 11.8. The Bertz CT molecular complexity index is 377. The van der Waals surface area contributed by atoms with Gasteiger partial charge in [-0.25, -0.2) is 4.84 Å². The van der Waals surface area contributed by atoms with Crippen LogP contribution in [0.15, 0.2) is 24.3 Å². The zero-order valence-corrected chi connectivity index (χ0v) is 10.00. The summed E-state index contributed by atoms with van der Waals surface area (Å²) in [4.78, 5) is 16.1. The first-order chi connectivity index (χ1) is 7.70. The lowest BCUT2D eigenvalue weighted by Crippen LogP contribution is -2.33. The second-order valence-electron chi connectivity index (χ2n) is 4.20. The number of hydrogen-bond donors (Lipinski definition) is 1. The Balaban J connectivity index is 2.01. The van der Waals surface area contributed by atoms with Crippen LogP contribution in [0.5, 0.6) is 0 Å². The van der Waals surface area contributed by atoms with E-state index in [2.05, 4.69) is 36.0 Å². The van der Waals surface area contributed by atoms with Crippen LogP contribution >= 0.6 is 11.8 Å². The van der Waals surface area contributed by atoms with Gasteiger partial charge >= 0.3 is 0 Å². The molecule has 0 aromatic heterocycles. The molecule has 0 radical (unpaired) electrons. The molecule has 0 aliphatic carbocycles. The largest absolute Gasteiger partial charge is 0.337 e. The minimum absolute atomic E-state index is 0.0931. The van der Waals surface area contributed by atoms with Crippen molar-refractivity contribution in [1.29, 1.82) is 0 Å². The average Bonchev–Trinajstić information content (AvgIpc) is 2.63. The number of carbonyl (C=O) groups is 1. The van der Waals surface area contributed by atoms with Crippen molar-refractivity contribution in [3.05, 3.63) is 35.4 Å². The Morgan fingerprint density at radius 1 is 1.44 bits per heavy atom. The van der Waals surface area contributed by atoms with Crippen molar-refractivity contribution in [1.82, 2.24) is 9.74 Å². The van der Waals surface area contributed by atoms with Gasteiger partial charge in [0.15, 0.2) is 0 Å². The molecular formula is C12H15ClN2O. The molecule has 0 saturated carbocycles. The molecule has 1 fully saturated rings. The van der Waals surface area contributed by atoms with Gasteiger partial charge in [-0.15, -0.1) is 0 Å². The Labute approximate surface area is 101 Å². The molecule has 1 N–H and O–H groups in total. The van der Waals surface area contributed by atoms with E-state index in [0.29, 0.717) is 6.54 Å². The summed E-state index contributed by atoms with van der Waals surface area (Å²) in [5, 5.41) is 0. The van der Waals surface area contributed by atoms with Crippen LogP contribution in [0.3, 0.4) is 0 Å². The average molecular weight is 239 g/mol. The number of carbonyl (C=O) groups excluding carboxylic acids is 1. The molecule has 1 aromatic rings. The fourth-order valence-electron chi connectivity index (χ4n) is 1.91. The standard InChI is InChI=1S/C12H15ClN2O/c1-9-2-4-10(5-3-9)8-15-7-6-11(14-13)12(15)16/h2-5,11,14H,6-8H2,1H3. The van der Waals surface area contributed by atoms with Crippen molar-refractivity contribution >= 4 is 17.7 Å². The Morgan fingerprint density at radius 3 is 2.69 bits per heavy atom. The summed E-state index contributed by atoms with van der Waals surface area (Å²) in [6.07, 6.45) is 0.786. The highest BCUT2D eigenvalue weighted by atomic mass is 35.5. The molecule has 1 saturated heterocycles. The smallest absolute Gasteiger partial charge is 0.241 e. The van der Waals surface area contributed by atoms with E-state index in [1.165, 1.54) is 5.56 Å². The molecule has 0 bridgehead atoms. The van der Waals surface area contributed by atoms with E-state index in [1.54, 1.807) is 0 Å². The zero-order chi connectivity index (χ0) is 11.5. The normalized spacial score (nSPS) is 20.5. The predicted molar refractivity (Wildman–Crippen MR) is 64.0 cm³/mol. The third kappa shape index (κ3) is 2.36. The third-order valence-corrected chi connectivity index (χ3v) is 3.19. The van der Waals surface area contributed by atoms with Gasteiger partial charge in [-0.3, -0.25) is 4.79 Å². The Morgan fingerprint density at radius 2 is 2.12 bits per heavy atom. The Hall–Kier alpha value is -1.06. The van der Waals surface area contributed by atoms with Gasteiger partial charge in [0, 0.05) is 13.1 Å². The van der Waals surface area contributed by atoms with Gasteiger partial charge in [-0.05, 0) is 30.7 Å². The van der Waals surface area contributed by atoms with Gasteiger partial charge < -0.3 is 4.90 Å². The van der Waals surface area contributed by atoms with E-state index in [4.69, 9.17) is 11.8 Å². The first-order valence-electron chi connectivity index (χ1n) is 5.41. The van der Waals surface area contributed by atoms with Crippen molar-refractivity contribution in [2.45, 2.75) is 25.9 Å². The molecule has 0 spiro atoms. The summed E-state index contributed by atoms with van der Waals surface area (Å²) >= 11 is 5.49. The zero-order valence-electron chi connectivity index (χ0n) is 9.24. The topological polar surface area (TPSA) is 32.3 Å². The highest BCUT2D eigenvalue weighted by Gasteiger charge is 2.30. The van der Waals surface area contributed by atoms with E-state index in [9.17, 15) is 4.79 Å². The summed E-state index contributed by atoms with van der Waals surface area (Å²) in [6.45, 7) is 3.50. The van der Waals surface area contributed by atoms with Crippen LogP contribution in [0.4, 0.5) is 0 Å². The molecule has 2 rings (SSSR count). The number of halogens is 1. The molecule has 1 heterocycles. The Kier molecular flexibility index (Phi) is 3.46. The molecule has 1 atom stereocenters. The van der Waals surface area contributed by atoms with E-state index < -0.39 is 0 Å². The maximum Gasteiger partial charge on any atom is 0.241 e. The number of nitrogens with one attached hydrogen (secondary N) is 1. The van der Waals surface area contributed by atoms with Crippen LogP contribution in [0.1, 0.15) is 17.5 Å². The van der Waals surface area contributed by atoms with Gasteiger partial charge in [0.05, 0.1) is 0 Å². The van der Waals surface area contributed by atoms with Crippen molar-refractivity contribution in [3.8, 4) is 0 Å². The van der Waals surface area contributed by atoms with E-state index in [1.807, 2.05) is 4.90 Å².